The first kappa shape index (κ1) is 18.5. The molecule has 2 aliphatic heterocycles. The van der Waals surface area contributed by atoms with E-state index in [-0.39, 0.29) is 11.9 Å². The van der Waals surface area contributed by atoms with E-state index >= 15 is 0 Å². The van der Waals surface area contributed by atoms with Gasteiger partial charge in [0.1, 0.15) is 5.75 Å². The lowest BCUT2D eigenvalue weighted by Gasteiger charge is -2.27. The molecule has 0 saturated carbocycles. The minimum Gasteiger partial charge on any atom is -0.493 e. The van der Waals surface area contributed by atoms with Gasteiger partial charge in [-0.15, -0.1) is 0 Å². The summed E-state index contributed by atoms with van der Waals surface area (Å²) in [7, 11) is 3.20. The highest BCUT2D eigenvalue weighted by atomic mass is 16.5. The summed E-state index contributed by atoms with van der Waals surface area (Å²) in [6, 6.07) is 7.44. The van der Waals surface area contributed by atoms with Crippen LogP contribution in [0.15, 0.2) is 24.3 Å². The zero-order valence-electron chi connectivity index (χ0n) is 16.6. The van der Waals surface area contributed by atoms with Gasteiger partial charge in [-0.05, 0) is 23.6 Å². The normalized spacial score (nSPS) is 17.0. The van der Waals surface area contributed by atoms with Gasteiger partial charge in [0.2, 0.25) is 5.91 Å². The van der Waals surface area contributed by atoms with Crippen LogP contribution in [0.3, 0.4) is 0 Å². The van der Waals surface area contributed by atoms with Crippen molar-refractivity contribution in [2.45, 2.75) is 32.7 Å². The molecule has 6 nitrogen and oxygen atoms in total. The summed E-state index contributed by atoms with van der Waals surface area (Å²) in [5, 5.41) is 3.11. The van der Waals surface area contributed by atoms with Crippen molar-refractivity contribution < 1.29 is 23.7 Å². The molecule has 1 N–H and O–H groups in total. The number of amides is 1. The number of ether oxygens (including phenoxy) is 4. The van der Waals surface area contributed by atoms with Crippen LogP contribution in [0.5, 0.6) is 28.7 Å². The van der Waals surface area contributed by atoms with E-state index in [4.69, 9.17) is 18.9 Å². The van der Waals surface area contributed by atoms with Crippen LogP contribution in [0.2, 0.25) is 0 Å². The molecule has 2 aromatic rings. The minimum absolute atomic E-state index is 0.0169. The standard InChI is InChI=1S/C22H25NO5/c1-12(2)11-27-16-6-5-13-9-20(24)23-15-7-14-8-18(25-3)19(26-4)10-17(14)28-22(16)21(13)15/h5-6,8,10,12,15H,7,9,11H2,1-4H3,(H,23,24). The maximum atomic E-state index is 12.3. The zero-order chi connectivity index (χ0) is 19.8. The van der Waals surface area contributed by atoms with E-state index in [1.165, 1.54) is 0 Å². The Morgan fingerprint density at radius 2 is 1.86 bits per heavy atom. The van der Waals surface area contributed by atoms with Gasteiger partial charge in [0.15, 0.2) is 23.0 Å². The fraction of sp³-hybridized carbons (Fsp3) is 0.409. The van der Waals surface area contributed by atoms with Gasteiger partial charge in [0.25, 0.3) is 0 Å². The Bertz CT molecular complexity index is 922. The number of nitrogens with one attached hydrogen (secondary N) is 1. The number of hydrogen-bond acceptors (Lipinski definition) is 5. The molecule has 0 aromatic heterocycles. The number of carbonyl (C=O) groups excluding carboxylic acids is 1. The number of carbonyl (C=O) groups is 1. The molecule has 2 aromatic carbocycles. The van der Waals surface area contributed by atoms with Crippen LogP contribution in [-0.4, -0.2) is 26.7 Å². The Labute approximate surface area is 164 Å². The zero-order valence-corrected chi connectivity index (χ0v) is 16.6. The van der Waals surface area contributed by atoms with Crippen molar-refractivity contribution >= 4 is 5.91 Å². The molecule has 0 fully saturated rings. The average Bonchev–Trinajstić information content (AvgIpc) is 2.82. The first-order valence-electron chi connectivity index (χ1n) is 9.50. The van der Waals surface area contributed by atoms with Gasteiger partial charge in [0.05, 0.1) is 33.3 Å². The van der Waals surface area contributed by atoms with Crippen molar-refractivity contribution in [2.24, 2.45) is 5.92 Å². The molecule has 1 unspecified atom stereocenters. The van der Waals surface area contributed by atoms with Gasteiger partial charge < -0.3 is 24.3 Å². The second kappa shape index (κ2) is 7.26. The van der Waals surface area contributed by atoms with E-state index in [0.29, 0.717) is 54.1 Å². The van der Waals surface area contributed by atoms with Gasteiger partial charge in [-0.25, -0.2) is 0 Å². The Kier molecular flexibility index (Phi) is 4.79. The molecule has 1 amide bonds. The molecule has 2 heterocycles. The number of hydrogen-bond donors (Lipinski definition) is 1. The lowest BCUT2D eigenvalue weighted by molar-refractivity contribution is -0.121. The third kappa shape index (κ3) is 3.23. The molecule has 0 radical (unpaired) electrons. The Hall–Kier alpha value is -2.89. The Morgan fingerprint density at radius 3 is 2.57 bits per heavy atom. The van der Waals surface area contributed by atoms with Gasteiger partial charge in [0, 0.05) is 23.6 Å². The van der Waals surface area contributed by atoms with E-state index < -0.39 is 0 Å². The van der Waals surface area contributed by atoms with Crippen molar-refractivity contribution in [3.63, 3.8) is 0 Å². The van der Waals surface area contributed by atoms with Gasteiger partial charge in [-0.3, -0.25) is 4.79 Å². The summed E-state index contributed by atoms with van der Waals surface area (Å²) in [5.74, 6) is 3.69. The van der Waals surface area contributed by atoms with Crippen LogP contribution >= 0.6 is 0 Å². The summed E-state index contributed by atoms with van der Waals surface area (Å²) in [5.41, 5.74) is 2.92. The third-order valence-electron chi connectivity index (χ3n) is 5.06. The van der Waals surface area contributed by atoms with Crippen LogP contribution in [0, 0.1) is 5.92 Å². The highest BCUT2D eigenvalue weighted by Crippen LogP contribution is 2.48. The fourth-order valence-electron chi connectivity index (χ4n) is 3.76. The molecule has 28 heavy (non-hydrogen) atoms. The SMILES string of the molecule is COc1cc2c(cc1OC)Oc1c(OCC(C)C)ccc3c1C(C2)NC(=O)C3. The predicted octanol–water partition coefficient (Wildman–Crippen LogP) is 3.80. The van der Waals surface area contributed by atoms with E-state index in [9.17, 15) is 4.79 Å². The van der Waals surface area contributed by atoms with E-state index in [0.717, 1.165) is 16.7 Å². The fourth-order valence-corrected chi connectivity index (χ4v) is 3.76. The maximum absolute atomic E-state index is 12.3. The molecule has 1 atom stereocenters. The molecular weight excluding hydrogens is 358 g/mol. The van der Waals surface area contributed by atoms with Crippen molar-refractivity contribution in [2.75, 3.05) is 20.8 Å². The van der Waals surface area contributed by atoms with Crippen LogP contribution < -0.4 is 24.3 Å². The summed E-state index contributed by atoms with van der Waals surface area (Å²) in [6.07, 6.45) is 0.949. The molecule has 148 valence electrons. The summed E-state index contributed by atoms with van der Waals surface area (Å²) in [6.45, 7) is 4.80. The predicted molar refractivity (Wildman–Crippen MR) is 105 cm³/mol. The smallest absolute Gasteiger partial charge is 0.224 e. The summed E-state index contributed by atoms with van der Waals surface area (Å²) in [4.78, 5) is 12.3. The lowest BCUT2D eigenvalue weighted by Crippen LogP contribution is -2.36. The molecular formula is C22H25NO5. The number of benzene rings is 2. The number of rotatable bonds is 5. The van der Waals surface area contributed by atoms with Crippen molar-refractivity contribution in [1.29, 1.82) is 0 Å². The summed E-state index contributed by atoms with van der Waals surface area (Å²) < 4.78 is 23.3. The Morgan fingerprint density at radius 1 is 1.11 bits per heavy atom. The quantitative estimate of drug-likeness (QED) is 0.851. The Balaban J connectivity index is 1.85. The van der Waals surface area contributed by atoms with E-state index in [2.05, 4.69) is 19.2 Å². The maximum Gasteiger partial charge on any atom is 0.224 e. The van der Waals surface area contributed by atoms with E-state index in [1.54, 1.807) is 14.2 Å². The van der Waals surface area contributed by atoms with Crippen molar-refractivity contribution in [1.82, 2.24) is 5.32 Å². The molecule has 0 saturated heterocycles. The van der Waals surface area contributed by atoms with E-state index in [1.807, 2.05) is 24.3 Å². The molecule has 2 aliphatic rings. The average molecular weight is 383 g/mol. The first-order chi connectivity index (χ1) is 13.5. The molecule has 6 heteroatoms. The van der Waals surface area contributed by atoms with Gasteiger partial charge in [-0.1, -0.05) is 19.9 Å². The molecule has 0 bridgehead atoms. The highest BCUT2D eigenvalue weighted by Gasteiger charge is 2.34. The van der Waals surface area contributed by atoms with Crippen molar-refractivity contribution in [3.05, 3.63) is 41.0 Å². The lowest BCUT2D eigenvalue weighted by atomic mass is 9.89. The highest BCUT2D eigenvalue weighted by molar-refractivity contribution is 5.83. The van der Waals surface area contributed by atoms with Crippen LogP contribution in [-0.2, 0) is 17.6 Å². The van der Waals surface area contributed by atoms with Gasteiger partial charge in [-0.2, -0.15) is 0 Å². The molecule has 0 aliphatic carbocycles. The second-order valence-electron chi connectivity index (χ2n) is 7.59. The van der Waals surface area contributed by atoms with Crippen LogP contribution in [0.25, 0.3) is 0 Å². The minimum atomic E-state index is -0.173. The molecule has 4 rings (SSSR count). The summed E-state index contributed by atoms with van der Waals surface area (Å²) >= 11 is 0. The van der Waals surface area contributed by atoms with Crippen LogP contribution in [0.4, 0.5) is 0 Å². The van der Waals surface area contributed by atoms with Crippen LogP contribution in [0.1, 0.15) is 36.6 Å². The van der Waals surface area contributed by atoms with Gasteiger partial charge >= 0.3 is 0 Å². The van der Waals surface area contributed by atoms with Crippen molar-refractivity contribution in [3.8, 4) is 28.7 Å². The third-order valence-corrected chi connectivity index (χ3v) is 5.06. The number of fused-ring (bicyclic) bond motifs is 1. The topological polar surface area (TPSA) is 66.0 Å². The number of methoxy groups -OCH3 is 2. The second-order valence-corrected chi connectivity index (χ2v) is 7.59. The molecule has 0 spiro atoms. The monoisotopic (exact) mass is 383 g/mol. The largest absolute Gasteiger partial charge is 0.493 e. The first-order valence-corrected chi connectivity index (χ1v) is 9.50.